The highest BCUT2D eigenvalue weighted by Gasteiger charge is 2.37. The van der Waals surface area contributed by atoms with Crippen LogP contribution in [0.2, 0.25) is 0 Å². The van der Waals surface area contributed by atoms with Crippen molar-refractivity contribution in [3.05, 3.63) is 110 Å². The van der Waals surface area contributed by atoms with Gasteiger partial charge in [0.2, 0.25) is 0 Å². The number of hydrogen-bond donors (Lipinski definition) is 0. The van der Waals surface area contributed by atoms with E-state index in [-0.39, 0.29) is 23.6 Å². The average Bonchev–Trinajstić information content (AvgIpc) is 3.20. The third kappa shape index (κ3) is 3.74. The largest absolute Gasteiger partial charge is 0.277 e. The van der Waals surface area contributed by atoms with Crippen molar-refractivity contribution in [1.82, 2.24) is 9.80 Å². The number of fused-ring (bicyclic) bond motifs is 6. The number of hydrogen-bond acceptors (Lipinski definition) is 4. The number of imide groups is 2. The van der Waals surface area contributed by atoms with Gasteiger partial charge in [0.05, 0.1) is 0 Å². The summed E-state index contributed by atoms with van der Waals surface area (Å²) < 4.78 is 4.93. The lowest BCUT2D eigenvalue weighted by Crippen LogP contribution is -2.37. The Bertz CT molecular complexity index is 3750. The Labute approximate surface area is 376 Å². The highest BCUT2D eigenvalue weighted by molar-refractivity contribution is 9.11. The summed E-state index contributed by atoms with van der Waals surface area (Å²) in [5.74, 6) is -1.30. The van der Waals surface area contributed by atoms with Crippen LogP contribution in [-0.4, -0.2) is 47.5 Å². The smallest absolute Gasteiger partial charge is 0.261 e. The quantitative estimate of drug-likeness (QED) is 0.0861. The molecule has 13 rings (SSSR count). The van der Waals surface area contributed by atoms with Crippen LogP contribution in [0.1, 0.15) is 41.4 Å². The first-order chi connectivity index (χ1) is 27.8. The first-order valence-electron chi connectivity index (χ1n) is 18.0. The third-order valence-electron chi connectivity index (χ3n) is 12.8. The predicted molar refractivity (Wildman–Crippen MR) is 254 cm³/mol. The molecule has 0 radical (unpaired) electrons. The molecule has 12 heteroatoms. The predicted octanol–water partition coefficient (Wildman–Crippen LogP) is 14.6. The minimum atomic E-state index is -0.329. The highest BCUT2D eigenvalue weighted by atomic mass is 79.9. The molecule has 276 valence electrons. The summed E-state index contributed by atoms with van der Waals surface area (Å²) in [7, 11) is 3.06. The lowest BCUT2D eigenvalue weighted by molar-refractivity contribution is 0.0635. The number of carbonyl (C=O) groups excluding carboxylic acids is 4. The van der Waals surface area contributed by atoms with E-state index in [4.69, 9.17) is 0 Å². The number of nitrogens with zero attached hydrogens (tertiary/aromatic N) is 2. The molecular formula is C46H16Br6N2O4. The normalized spacial score (nSPS) is 15.0. The van der Waals surface area contributed by atoms with Crippen LogP contribution in [0, 0.1) is 0 Å². The maximum Gasteiger partial charge on any atom is 0.261 e. The Morgan fingerprint density at radius 3 is 0.810 bits per heavy atom. The van der Waals surface area contributed by atoms with Crippen LogP contribution in [-0.2, 0) is 0 Å². The summed E-state index contributed by atoms with van der Waals surface area (Å²) in [6.07, 6.45) is 0. The minimum Gasteiger partial charge on any atom is -0.277 e. The molecule has 0 saturated heterocycles. The summed E-state index contributed by atoms with van der Waals surface area (Å²) in [5, 5.41) is 19.5. The Balaban J connectivity index is 1.27. The van der Waals surface area contributed by atoms with Crippen LogP contribution in [0.4, 0.5) is 0 Å². The SMILES string of the molecule is CN1C(=O)c2cc(Br)c3c4ccc5c6c(Br)cc7c8c(Br)cc9c%10c(cc(Br)c(c%11cc(Br)c(c%12ccc(c%13c(Br)cc(c2c3%13)C1=O)c4c5%12)c6c7%11)c%108)C(=O)N(C)C9=O. The number of rotatable bonds is 0. The van der Waals surface area contributed by atoms with Gasteiger partial charge in [0.15, 0.2) is 0 Å². The minimum absolute atomic E-state index is 0.322. The number of carbonyl (C=O) groups is 4. The standard InChI is InChI=1S/C46H16Br6N2O4/c1-53-43(55)19-9-25(49)36-15-5-3-13-29-14(4-6-16(30(15)29)37-26(50)10-20(44(53)56)32(19)41(36)37)35-24(48)8-18-31-17(7-23(47)34(13)40(31)35)38-27(51)11-21-33-22(46(58)54(2)45(21)57)12-28(52)39(18)42(33)38/h3-12H,1-2H3. The monoisotopic (exact) mass is 1130 g/mol. The molecule has 4 amide bonds. The molecular weight excluding hydrogens is 1120 g/mol. The molecule has 0 saturated carbocycles. The second-order valence-corrected chi connectivity index (χ2v) is 20.5. The molecule has 0 bridgehead atoms. The van der Waals surface area contributed by atoms with Gasteiger partial charge in [-0.25, -0.2) is 0 Å². The molecule has 11 aromatic carbocycles. The van der Waals surface area contributed by atoms with Gasteiger partial charge in [-0.15, -0.1) is 0 Å². The van der Waals surface area contributed by atoms with Gasteiger partial charge in [0.25, 0.3) is 23.6 Å². The van der Waals surface area contributed by atoms with Crippen molar-refractivity contribution in [1.29, 1.82) is 0 Å². The molecule has 0 spiro atoms. The van der Waals surface area contributed by atoms with Gasteiger partial charge in [-0.2, -0.15) is 0 Å². The first-order valence-corrected chi connectivity index (χ1v) is 22.8. The van der Waals surface area contributed by atoms with Crippen LogP contribution >= 0.6 is 95.6 Å². The first kappa shape index (κ1) is 34.8. The van der Waals surface area contributed by atoms with Crippen molar-refractivity contribution in [2.24, 2.45) is 0 Å². The average molecular weight is 1140 g/mol. The summed E-state index contributed by atoms with van der Waals surface area (Å²) >= 11 is 23.7. The van der Waals surface area contributed by atoms with Crippen molar-refractivity contribution in [2.45, 2.75) is 0 Å². The summed E-state index contributed by atoms with van der Waals surface area (Å²) in [4.78, 5) is 56.7. The van der Waals surface area contributed by atoms with Gasteiger partial charge in [-0.1, -0.05) is 120 Å². The van der Waals surface area contributed by atoms with Crippen molar-refractivity contribution >= 4 is 227 Å². The zero-order valence-electron chi connectivity index (χ0n) is 29.6. The second kappa shape index (κ2) is 11.0. The van der Waals surface area contributed by atoms with E-state index in [2.05, 4.69) is 132 Å². The lowest BCUT2D eigenvalue weighted by Gasteiger charge is -2.28. The Morgan fingerprint density at radius 2 is 0.517 bits per heavy atom. The van der Waals surface area contributed by atoms with Crippen molar-refractivity contribution in [3.8, 4) is 0 Å². The van der Waals surface area contributed by atoms with Crippen LogP contribution < -0.4 is 0 Å². The maximum atomic E-state index is 13.6. The Kier molecular flexibility index (Phi) is 6.60. The molecule has 0 fully saturated rings. The zero-order chi connectivity index (χ0) is 39.9. The van der Waals surface area contributed by atoms with Gasteiger partial charge in [-0.3, -0.25) is 29.0 Å². The van der Waals surface area contributed by atoms with E-state index in [1.165, 1.54) is 23.9 Å². The van der Waals surface area contributed by atoms with Gasteiger partial charge in [0, 0.05) is 122 Å². The Hall–Kier alpha value is -4.04. The van der Waals surface area contributed by atoms with Gasteiger partial charge >= 0.3 is 0 Å². The zero-order valence-corrected chi connectivity index (χ0v) is 39.1. The number of amides is 4. The van der Waals surface area contributed by atoms with Crippen LogP contribution in [0.5, 0.6) is 0 Å². The molecule has 2 heterocycles. The molecule has 0 atom stereocenters. The topological polar surface area (TPSA) is 74.8 Å². The van der Waals surface area contributed by atoms with Crippen molar-refractivity contribution < 1.29 is 19.2 Å². The number of benzene rings is 11. The molecule has 58 heavy (non-hydrogen) atoms. The third-order valence-corrected chi connectivity index (χ3v) is 16.6. The van der Waals surface area contributed by atoms with Gasteiger partial charge in [0.1, 0.15) is 0 Å². The van der Waals surface area contributed by atoms with Gasteiger partial charge in [-0.05, 0) is 84.9 Å². The van der Waals surface area contributed by atoms with Crippen molar-refractivity contribution in [3.63, 3.8) is 0 Å². The molecule has 11 aromatic rings. The molecule has 2 aliphatic heterocycles. The summed E-state index contributed by atoms with van der Waals surface area (Å²) in [6, 6.07) is 20.6. The van der Waals surface area contributed by atoms with Gasteiger partial charge < -0.3 is 0 Å². The highest BCUT2D eigenvalue weighted by Crippen LogP contribution is 2.57. The number of halogens is 6. The summed E-state index contributed by atoms with van der Waals surface area (Å²) in [6.45, 7) is 0. The fourth-order valence-electron chi connectivity index (χ4n) is 10.6. The fraction of sp³-hybridized carbons (Fsp3) is 0.0435. The second-order valence-electron chi connectivity index (χ2n) is 15.3. The van der Waals surface area contributed by atoms with E-state index in [0.29, 0.717) is 33.0 Å². The molecule has 0 aromatic heterocycles. The van der Waals surface area contributed by atoms with E-state index in [1.54, 1.807) is 0 Å². The van der Waals surface area contributed by atoms with E-state index < -0.39 is 0 Å². The molecule has 2 aliphatic rings. The van der Waals surface area contributed by atoms with E-state index in [1.807, 2.05) is 24.3 Å². The van der Waals surface area contributed by atoms with Crippen molar-refractivity contribution in [2.75, 3.05) is 14.1 Å². The molecule has 0 unspecified atom stereocenters. The van der Waals surface area contributed by atoms with Crippen LogP contribution in [0.25, 0.3) is 108 Å². The van der Waals surface area contributed by atoms with Crippen LogP contribution in [0.3, 0.4) is 0 Å². The van der Waals surface area contributed by atoms with E-state index in [0.717, 1.165) is 124 Å². The summed E-state index contributed by atoms with van der Waals surface area (Å²) in [5.41, 5.74) is 1.97. The van der Waals surface area contributed by atoms with E-state index in [9.17, 15) is 19.2 Å². The molecule has 0 N–H and O–H groups in total. The fourth-order valence-corrected chi connectivity index (χ4v) is 14.4. The maximum absolute atomic E-state index is 13.6. The lowest BCUT2D eigenvalue weighted by atomic mass is 9.80. The Morgan fingerprint density at radius 1 is 0.293 bits per heavy atom. The van der Waals surface area contributed by atoms with Crippen LogP contribution in [0.15, 0.2) is 87.5 Å². The molecule has 6 nitrogen and oxygen atoms in total. The van der Waals surface area contributed by atoms with E-state index >= 15 is 0 Å². The molecule has 0 aliphatic carbocycles.